The second kappa shape index (κ2) is 45.3. The van der Waals surface area contributed by atoms with Crippen molar-refractivity contribution in [2.45, 2.75) is 0 Å². The topological polar surface area (TPSA) is 149 Å². The predicted molar refractivity (Wildman–Crippen MR) is 13.2 cm³/mol. The Balaban J connectivity index is -0.00000000300. The quantitative estimate of drug-likeness (QED) is 0.423. The maximum absolute atomic E-state index is 8.33. The minimum atomic E-state index is -2.33. The Bertz CT molecular complexity index is 40.7. The molecule has 0 atom stereocenters. The number of rotatable bonds is 0. The number of carbonyl (C=O) groups is 1. The Morgan fingerprint density at radius 3 is 1.00 bits per heavy atom. The smallest absolute Gasteiger partial charge is 2.00 e. The van der Waals surface area contributed by atoms with Gasteiger partial charge in [0.15, 0.2) is 0 Å². The predicted octanol–water partition coefficient (Wildman–Crippen LogP) is -3.19. The van der Waals surface area contributed by atoms with E-state index in [4.69, 9.17) is 15.0 Å². The van der Waals surface area contributed by atoms with Crippen molar-refractivity contribution in [3.8, 4) is 0 Å². The van der Waals surface area contributed by atoms with Crippen molar-refractivity contribution < 1.29 is 72.6 Å². The monoisotopic (exact) mass is 260 g/mol. The second-order valence-electron chi connectivity index (χ2n) is 0.250. The fraction of sp³-hybridized carbons (Fsp3) is 0. The van der Waals surface area contributed by atoms with E-state index in [0.717, 1.165) is 0 Å². The summed E-state index contributed by atoms with van der Waals surface area (Å²) < 4.78 is 0. The van der Waals surface area contributed by atoms with Gasteiger partial charge in [0.25, 0.3) is 0 Å². The molecule has 0 amide bonds. The van der Waals surface area contributed by atoms with Crippen LogP contribution < -0.4 is 10.2 Å². The molecule has 0 aromatic heterocycles. The Hall–Kier alpha value is 1.75. The third kappa shape index (κ3) is 244. The van der Waals surface area contributed by atoms with Gasteiger partial charge < -0.3 is 31.4 Å². The van der Waals surface area contributed by atoms with Crippen LogP contribution in [0, 0.1) is 0 Å². The summed E-state index contributed by atoms with van der Waals surface area (Å²) in [5, 5.41) is 16.7. The van der Waals surface area contributed by atoms with Crippen LogP contribution in [0.25, 0.3) is 0 Å². The van der Waals surface area contributed by atoms with Crippen molar-refractivity contribution in [2.75, 3.05) is 0 Å². The van der Waals surface area contributed by atoms with Gasteiger partial charge in [-0.2, -0.15) is 0 Å². The van der Waals surface area contributed by atoms with Crippen LogP contribution in [0.4, 0.5) is 4.79 Å². The average molecular weight is 261 g/mol. The third-order valence-electron chi connectivity index (χ3n) is 0. The molecule has 9 heteroatoms. The summed E-state index contributed by atoms with van der Waals surface area (Å²) in [6, 6.07) is 0. The molecule has 0 bridgehead atoms. The summed E-state index contributed by atoms with van der Waals surface area (Å²) in [6.07, 6.45) is -2.33. The van der Waals surface area contributed by atoms with Crippen molar-refractivity contribution >= 4 is 43.9 Å². The largest absolute Gasteiger partial charge is 4.00 e. The SMILES string of the molecule is O=C([O-])[O-].[Ca+2].[O-2].[O-2].[O-2].[Ti+4].[Zn+2]. The van der Waals surface area contributed by atoms with Crippen molar-refractivity contribution in [2.24, 2.45) is 0 Å². The van der Waals surface area contributed by atoms with E-state index in [1.807, 2.05) is 0 Å². The molecule has 0 radical (unpaired) electrons. The molecule has 0 spiro atoms. The van der Waals surface area contributed by atoms with Crippen LogP contribution in [0.1, 0.15) is 0 Å². The summed E-state index contributed by atoms with van der Waals surface area (Å²) in [5.41, 5.74) is 0. The molecule has 0 rings (SSSR count). The molecule has 0 N–H and O–H groups in total. The normalized spacial score (nSPS) is 2.40. The molecule has 0 aliphatic carbocycles. The van der Waals surface area contributed by atoms with Gasteiger partial charge in [-0.1, -0.05) is 0 Å². The molecule has 6 nitrogen and oxygen atoms in total. The zero-order valence-electron chi connectivity index (χ0n) is 4.86. The molecule has 0 aromatic rings. The Morgan fingerprint density at radius 1 is 1.00 bits per heavy atom. The van der Waals surface area contributed by atoms with Gasteiger partial charge in [0.05, 0.1) is 0 Å². The molecule has 0 aliphatic rings. The van der Waals surface area contributed by atoms with E-state index in [9.17, 15) is 0 Å². The van der Waals surface area contributed by atoms with Gasteiger partial charge in [-0.25, -0.2) is 0 Å². The summed E-state index contributed by atoms with van der Waals surface area (Å²) in [6.45, 7) is 0. The molecule has 10 heavy (non-hydrogen) atoms. The van der Waals surface area contributed by atoms with Crippen LogP contribution >= 0.6 is 0 Å². The van der Waals surface area contributed by atoms with Gasteiger partial charge in [0.1, 0.15) is 0 Å². The van der Waals surface area contributed by atoms with Crippen LogP contribution in [0.3, 0.4) is 0 Å². The second-order valence-corrected chi connectivity index (χ2v) is 0.250. The van der Waals surface area contributed by atoms with Crippen LogP contribution in [0.2, 0.25) is 0 Å². The number of hydrogen-bond acceptors (Lipinski definition) is 3. The Kier molecular flexibility index (Phi) is 273. The Labute approximate surface area is 115 Å². The van der Waals surface area contributed by atoms with Crippen LogP contribution in [0.15, 0.2) is 0 Å². The third-order valence-corrected chi connectivity index (χ3v) is 0. The van der Waals surface area contributed by atoms with E-state index in [1.165, 1.54) is 0 Å². The van der Waals surface area contributed by atoms with Crippen molar-refractivity contribution in [3.05, 3.63) is 0 Å². The van der Waals surface area contributed by atoms with Crippen molar-refractivity contribution in [1.29, 1.82) is 0 Å². The first-order valence-corrected chi connectivity index (χ1v) is 0.612. The van der Waals surface area contributed by atoms with Crippen LogP contribution in [-0.2, 0) is 57.6 Å². The number of hydrogen-bond donors (Lipinski definition) is 0. The molecule has 0 aliphatic heterocycles. The summed E-state index contributed by atoms with van der Waals surface area (Å²) in [5.74, 6) is 0. The van der Waals surface area contributed by atoms with E-state index in [2.05, 4.69) is 0 Å². The molecule has 48 valence electrons. The molecule has 0 unspecified atom stereocenters. The van der Waals surface area contributed by atoms with Crippen molar-refractivity contribution in [1.82, 2.24) is 0 Å². The molecule has 0 aromatic carbocycles. The van der Waals surface area contributed by atoms with Gasteiger partial charge in [-0.3, -0.25) is 0 Å². The van der Waals surface area contributed by atoms with E-state index in [0.29, 0.717) is 0 Å². The molecule has 0 saturated carbocycles. The summed E-state index contributed by atoms with van der Waals surface area (Å²) >= 11 is 0. The van der Waals surface area contributed by atoms with Crippen molar-refractivity contribution in [3.63, 3.8) is 0 Å². The van der Waals surface area contributed by atoms with Gasteiger partial charge >= 0.3 is 78.9 Å². The molecule has 0 heterocycles. The Morgan fingerprint density at radius 2 is 1.00 bits per heavy atom. The fourth-order valence-electron chi connectivity index (χ4n) is 0. The maximum atomic E-state index is 8.33. The molecular formula is CCaO6TiZn. The van der Waals surface area contributed by atoms with E-state index >= 15 is 0 Å². The van der Waals surface area contributed by atoms with Crippen LogP contribution in [-0.4, -0.2) is 43.9 Å². The first-order valence-electron chi connectivity index (χ1n) is 0.612. The van der Waals surface area contributed by atoms with E-state index in [-0.39, 0.29) is 95.4 Å². The van der Waals surface area contributed by atoms with Gasteiger partial charge in [0, 0.05) is 0 Å². The molecule has 0 fully saturated rings. The standard InChI is InChI=1S/CH2O3.Ca.3O.Ti.Zn/c2-1(3)4;;;;;;/h(H2,2,3,4);;;;;;/q;+2;3*-2;+4;+2/p-2. The average Bonchev–Trinajstić information content (AvgIpc) is 0.811. The minimum absolute atomic E-state index is 0. The minimum Gasteiger partial charge on any atom is -2.00 e. The number of carbonyl (C=O) groups excluding carboxylic acids is 1. The summed E-state index contributed by atoms with van der Waals surface area (Å²) in [7, 11) is 0. The van der Waals surface area contributed by atoms with E-state index in [1.54, 1.807) is 0 Å². The molecular weight excluding hydrogens is 261 g/mol. The first kappa shape index (κ1) is 60.2. The van der Waals surface area contributed by atoms with Gasteiger partial charge in [0.2, 0.25) is 0 Å². The zero-order chi connectivity index (χ0) is 3.58. The first-order chi connectivity index (χ1) is 1.73. The molecule has 0 saturated heterocycles. The van der Waals surface area contributed by atoms with Crippen LogP contribution in [0.5, 0.6) is 0 Å². The fourth-order valence-corrected chi connectivity index (χ4v) is 0. The summed E-state index contributed by atoms with van der Waals surface area (Å²) in [4.78, 5) is 8.33. The van der Waals surface area contributed by atoms with Gasteiger partial charge in [-0.15, -0.1) is 0 Å². The maximum Gasteiger partial charge on any atom is 4.00 e. The zero-order valence-corrected chi connectivity index (χ0v) is 11.6. The van der Waals surface area contributed by atoms with Gasteiger partial charge in [-0.05, 0) is 6.16 Å². The van der Waals surface area contributed by atoms with E-state index < -0.39 is 6.16 Å². The number of carboxylic acid groups (broad SMARTS) is 2.